The van der Waals surface area contributed by atoms with E-state index in [4.69, 9.17) is 16.7 Å². The third-order valence-electron chi connectivity index (χ3n) is 4.03. The number of carbonyl (C=O) groups excluding carboxylic acids is 1. The minimum absolute atomic E-state index is 0.0786. The van der Waals surface area contributed by atoms with Crippen molar-refractivity contribution in [2.24, 2.45) is 0 Å². The van der Waals surface area contributed by atoms with Gasteiger partial charge in [-0.05, 0) is 42.5 Å². The predicted molar refractivity (Wildman–Crippen MR) is 99.2 cm³/mol. The van der Waals surface area contributed by atoms with Gasteiger partial charge in [-0.25, -0.2) is 0 Å². The van der Waals surface area contributed by atoms with Gasteiger partial charge in [0.15, 0.2) is 0 Å². The zero-order valence-corrected chi connectivity index (χ0v) is 15.3. The van der Waals surface area contributed by atoms with E-state index in [2.05, 4.69) is 28.2 Å². The van der Waals surface area contributed by atoms with Crippen LogP contribution in [0.4, 0.5) is 0 Å². The predicted octanol–water partition coefficient (Wildman–Crippen LogP) is 4.63. The highest BCUT2D eigenvalue weighted by atomic mass is 35.5. The molecule has 124 valence electrons. The van der Waals surface area contributed by atoms with Crippen molar-refractivity contribution in [2.75, 3.05) is 6.54 Å². The van der Waals surface area contributed by atoms with Gasteiger partial charge in [0.1, 0.15) is 0 Å². The Bertz CT molecular complexity index is 849. The van der Waals surface area contributed by atoms with Gasteiger partial charge in [0.2, 0.25) is 0 Å². The molecule has 1 fully saturated rings. The molecule has 4 rings (SSSR count). The van der Waals surface area contributed by atoms with Crippen LogP contribution in [-0.2, 0) is 6.54 Å². The fourth-order valence-corrected chi connectivity index (χ4v) is 4.28. The first-order valence-electron chi connectivity index (χ1n) is 7.84. The second-order valence-corrected chi connectivity index (χ2v) is 8.32. The number of aromatic nitrogens is 2. The van der Waals surface area contributed by atoms with Gasteiger partial charge >= 0.3 is 0 Å². The molecule has 0 atom stereocenters. The average molecular weight is 378 g/mol. The molecule has 1 aliphatic carbocycles. The molecule has 4 nitrogen and oxygen atoms in total. The van der Waals surface area contributed by atoms with Crippen molar-refractivity contribution < 1.29 is 4.79 Å². The van der Waals surface area contributed by atoms with Crippen LogP contribution in [0.25, 0.3) is 11.3 Å². The van der Waals surface area contributed by atoms with Gasteiger partial charge in [-0.1, -0.05) is 11.6 Å². The zero-order valence-electron chi connectivity index (χ0n) is 12.9. The van der Waals surface area contributed by atoms with Crippen molar-refractivity contribution in [3.05, 3.63) is 49.9 Å². The van der Waals surface area contributed by atoms with Gasteiger partial charge in [-0.2, -0.15) is 16.4 Å². The first-order chi connectivity index (χ1) is 11.7. The summed E-state index contributed by atoms with van der Waals surface area (Å²) in [7, 11) is 0. The maximum Gasteiger partial charge on any atom is 0.261 e. The molecule has 0 radical (unpaired) electrons. The summed E-state index contributed by atoms with van der Waals surface area (Å²) < 4.78 is 2.68. The Morgan fingerprint density at radius 3 is 2.92 bits per heavy atom. The van der Waals surface area contributed by atoms with Gasteiger partial charge in [0, 0.05) is 29.1 Å². The van der Waals surface area contributed by atoms with Crippen LogP contribution in [0, 0.1) is 0 Å². The van der Waals surface area contributed by atoms with Crippen LogP contribution in [0.15, 0.2) is 35.0 Å². The van der Waals surface area contributed by atoms with Crippen molar-refractivity contribution >= 4 is 40.2 Å². The molecule has 3 heterocycles. The minimum atomic E-state index is -0.0786. The van der Waals surface area contributed by atoms with E-state index in [-0.39, 0.29) is 5.91 Å². The second kappa shape index (κ2) is 6.70. The molecule has 1 saturated carbocycles. The molecule has 0 aromatic carbocycles. The molecular weight excluding hydrogens is 362 g/mol. The Balaban J connectivity index is 1.43. The highest BCUT2D eigenvalue weighted by Gasteiger charge is 2.28. The Hall–Kier alpha value is -1.63. The van der Waals surface area contributed by atoms with E-state index in [0.29, 0.717) is 28.2 Å². The molecule has 1 N–H and O–H groups in total. The summed E-state index contributed by atoms with van der Waals surface area (Å²) in [5.41, 5.74) is 3.47. The average Bonchev–Trinajstić information content (AvgIpc) is 2.99. The molecule has 1 amide bonds. The summed E-state index contributed by atoms with van der Waals surface area (Å²) in [6.45, 7) is 1.24. The van der Waals surface area contributed by atoms with Gasteiger partial charge < -0.3 is 5.32 Å². The molecule has 3 aromatic heterocycles. The van der Waals surface area contributed by atoms with Crippen LogP contribution in [0.1, 0.15) is 34.1 Å². The lowest BCUT2D eigenvalue weighted by Crippen LogP contribution is -2.27. The SMILES string of the molecule is O=C(NCCn1nc(-c2ccsc2)cc1C1CC1)c1ccc(Cl)s1. The molecule has 0 saturated heterocycles. The quantitative estimate of drug-likeness (QED) is 0.680. The lowest BCUT2D eigenvalue weighted by molar-refractivity contribution is 0.0956. The van der Waals surface area contributed by atoms with Gasteiger partial charge in [-0.15, -0.1) is 11.3 Å². The van der Waals surface area contributed by atoms with Crippen molar-refractivity contribution in [1.29, 1.82) is 0 Å². The number of halogens is 1. The highest BCUT2D eigenvalue weighted by molar-refractivity contribution is 7.18. The fourth-order valence-electron chi connectivity index (χ4n) is 2.67. The smallest absolute Gasteiger partial charge is 0.261 e. The van der Waals surface area contributed by atoms with E-state index in [1.807, 2.05) is 4.68 Å². The second-order valence-electron chi connectivity index (χ2n) is 5.82. The van der Waals surface area contributed by atoms with Crippen LogP contribution in [-0.4, -0.2) is 22.2 Å². The van der Waals surface area contributed by atoms with Crippen LogP contribution >= 0.6 is 34.3 Å². The molecule has 0 unspecified atom stereocenters. The molecule has 0 spiro atoms. The molecule has 0 bridgehead atoms. The number of amides is 1. The van der Waals surface area contributed by atoms with E-state index >= 15 is 0 Å². The maximum absolute atomic E-state index is 12.1. The molecule has 24 heavy (non-hydrogen) atoms. The molecular formula is C17H16ClN3OS2. The van der Waals surface area contributed by atoms with Crippen molar-refractivity contribution in [3.8, 4) is 11.3 Å². The normalized spacial score (nSPS) is 14.0. The lowest BCUT2D eigenvalue weighted by atomic mass is 10.2. The van der Waals surface area contributed by atoms with E-state index in [1.165, 1.54) is 29.9 Å². The zero-order chi connectivity index (χ0) is 16.5. The fraction of sp³-hybridized carbons (Fsp3) is 0.294. The number of hydrogen-bond acceptors (Lipinski definition) is 4. The van der Waals surface area contributed by atoms with Gasteiger partial charge in [-0.3, -0.25) is 9.48 Å². The Morgan fingerprint density at radius 1 is 1.38 bits per heavy atom. The minimum Gasteiger partial charge on any atom is -0.349 e. The standard InChI is InChI=1S/C17H16ClN3OS2/c18-16-4-3-15(24-16)17(22)19-6-7-21-14(11-1-2-11)9-13(20-21)12-5-8-23-10-12/h3-5,8-11H,1-2,6-7H2,(H,19,22). The summed E-state index contributed by atoms with van der Waals surface area (Å²) in [6.07, 6.45) is 2.46. The number of rotatable bonds is 6. The monoisotopic (exact) mass is 377 g/mol. The van der Waals surface area contributed by atoms with Crippen molar-refractivity contribution in [2.45, 2.75) is 25.3 Å². The van der Waals surface area contributed by atoms with Crippen LogP contribution < -0.4 is 5.32 Å². The number of thiophene rings is 2. The number of nitrogens with one attached hydrogen (secondary N) is 1. The van der Waals surface area contributed by atoms with E-state index < -0.39 is 0 Å². The van der Waals surface area contributed by atoms with Crippen molar-refractivity contribution in [3.63, 3.8) is 0 Å². The Labute approximate surface area is 153 Å². The number of carbonyl (C=O) groups is 1. The first-order valence-corrected chi connectivity index (χ1v) is 9.98. The number of hydrogen-bond donors (Lipinski definition) is 1. The molecule has 1 aliphatic rings. The Kier molecular flexibility index (Phi) is 4.43. The van der Waals surface area contributed by atoms with E-state index in [1.54, 1.807) is 23.5 Å². The largest absolute Gasteiger partial charge is 0.349 e. The first kappa shape index (κ1) is 15.9. The highest BCUT2D eigenvalue weighted by Crippen LogP contribution is 2.41. The summed E-state index contributed by atoms with van der Waals surface area (Å²) >= 11 is 8.85. The summed E-state index contributed by atoms with van der Waals surface area (Å²) in [5.74, 6) is 0.543. The van der Waals surface area contributed by atoms with Gasteiger partial charge in [0.05, 0.1) is 21.5 Å². The van der Waals surface area contributed by atoms with Crippen LogP contribution in [0.5, 0.6) is 0 Å². The van der Waals surface area contributed by atoms with Crippen molar-refractivity contribution in [1.82, 2.24) is 15.1 Å². The van der Waals surface area contributed by atoms with Crippen LogP contribution in [0.2, 0.25) is 4.34 Å². The number of nitrogens with zero attached hydrogens (tertiary/aromatic N) is 2. The molecule has 7 heteroatoms. The van der Waals surface area contributed by atoms with Crippen LogP contribution in [0.3, 0.4) is 0 Å². The molecule has 3 aromatic rings. The molecule has 0 aliphatic heterocycles. The van der Waals surface area contributed by atoms with Gasteiger partial charge in [0.25, 0.3) is 5.91 Å². The topological polar surface area (TPSA) is 46.9 Å². The third-order valence-corrected chi connectivity index (χ3v) is 5.94. The summed E-state index contributed by atoms with van der Waals surface area (Å²) in [4.78, 5) is 12.7. The maximum atomic E-state index is 12.1. The Morgan fingerprint density at radius 2 is 2.25 bits per heavy atom. The van der Waals surface area contributed by atoms with E-state index in [0.717, 1.165) is 11.3 Å². The van der Waals surface area contributed by atoms with E-state index in [9.17, 15) is 4.79 Å². The third kappa shape index (κ3) is 3.41. The summed E-state index contributed by atoms with van der Waals surface area (Å²) in [6, 6.07) is 7.78. The summed E-state index contributed by atoms with van der Waals surface area (Å²) in [5, 5.41) is 11.9. The lowest BCUT2D eigenvalue weighted by Gasteiger charge is -2.07.